The van der Waals surface area contributed by atoms with Crippen molar-refractivity contribution in [3.05, 3.63) is 34.6 Å². The summed E-state index contributed by atoms with van der Waals surface area (Å²) in [6.45, 7) is 2.27. The summed E-state index contributed by atoms with van der Waals surface area (Å²) in [5, 5.41) is 0. The Balaban J connectivity index is 3.07. The third kappa shape index (κ3) is 2.37. The van der Waals surface area contributed by atoms with Crippen molar-refractivity contribution in [1.29, 1.82) is 0 Å². The van der Waals surface area contributed by atoms with Crippen LogP contribution in [0, 0.1) is 12.7 Å². The first kappa shape index (κ1) is 10.8. The molecule has 0 amide bonds. The molecule has 0 N–H and O–H groups in total. The van der Waals surface area contributed by atoms with Gasteiger partial charge in [-0.25, -0.2) is 8.78 Å². The predicted molar refractivity (Wildman–Crippen MR) is 50.3 cm³/mol. The fourth-order valence-corrected chi connectivity index (χ4v) is 1.40. The molecule has 0 aromatic heterocycles. The van der Waals surface area contributed by atoms with Gasteiger partial charge in [0.1, 0.15) is 18.3 Å². The standard InChI is InChI=1S/C11H12F2O/c1-7-3-9(4-8(2)14)5-11(13)10(7)6-12/h3,5H,4,6H2,1-2H3. The van der Waals surface area contributed by atoms with E-state index in [1.54, 1.807) is 13.0 Å². The number of Topliss-reactive ketones (excluding diaryl/α,β-unsaturated/α-hetero) is 1. The molecule has 3 heteroatoms. The number of rotatable bonds is 3. The van der Waals surface area contributed by atoms with Gasteiger partial charge in [-0.3, -0.25) is 4.79 Å². The molecule has 14 heavy (non-hydrogen) atoms. The molecule has 0 aliphatic heterocycles. The second-order valence-electron chi connectivity index (χ2n) is 3.39. The lowest BCUT2D eigenvalue weighted by atomic mass is 10.0. The van der Waals surface area contributed by atoms with Crippen molar-refractivity contribution in [2.24, 2.45) is 0 Å². The summed E-state index contributed by atoms with van der Waals surface area (Å²) in [4.78, 5) is 10.8. The van der Waals surface area contributed by atoms with E-state index in [0.717, 1.165) is 0 Å². The lowest BCUT2D eigenvalue weighted by Crippen LogP contribution is -2.00. The zero-order valence-corrected chi connectivity index (χ0v) is 8.23. The second kappa shape index (κ2) is 4.31. The van der Waals surface area contributed by atoms with Crippen LogP contribution >= 0.6 is 0 Å². The molecule has 1 aromatic carbocycles. The van der Waals surface area contributed by atoms with Gasteiger partial charge in [0.15, 0.2) is 0 Å². The van der Waals surface area contributed by atoms with Gasteiger partial charge in [-0.05, 0) is 31.0 Å². The number of carbonyl (C=O) groups is 1. The Morgan fingerprint density at radius 3 is 2.50 bits per heavy atom. The van der Waals surface area contributed by atoms with Crippen LogP contribution in [0.15, 0.2) is 12.1 Å². The summed E-state index contributed by atoms with van der Waals surface area (Å²) < 4.78 is 25.5. The van der Waals surface area contributed by atoms with Crippen LogP contribution in [0.5, 0.6) is 0 Å². The van der Waals surface area contributed by atoms with Crippen LogP contribution in [0.3, 0.4) is 0 Å². The number of halogens is 2. The number of carbonyl (C=O) groups excluding carboxylic acids is 1. The van der Waals surface area contributed by atoms with Crippen molar-refractivity contribution < 1.29 is 13.6 Å². The molecular weight excluding hydrogens is 186 g/mol. The largest absolute Gasteiger partial charge is 0.300 e. The average Bonchev–Trinajstić information content (AvgIpc) is 2.01. The number of hydrogen-bond donors (Lipinski definition) is 0. The highest BCUT2D eigenvalue weighted by molar-refractivity contribution is 5.78. The van der Waals surface area contributed by atoms with Crippen LogP contribution in [0.2, 0.25) is 0 Å². The number of alkyl halides is 1. The SMILES string of the molecule is CC(=O)Cc1cc(C)c(CF)c(F)c1. The van der Waals surface area contributed by atoms with Gasteiger partial charge in [0.2, 0.25) is 0 Å². The van der Waals surface area contributed by atoms with Crippen molar-refractivity contribution >= 4 is 5.78 Å². The molecule has 0 saturated carbocycles. The Hall–Kier alpha value is -1.25. The molecule has 0 aliphatic rings. The normalized spacial score (nSPS) is 10.3. The van der Waals surface area contributed by atoms with Crippen molar-refractivity contribution in [3.8, 4) is 0 Å². The van der Waals surface area contributed by atoms with E-state index >= 15 is 0 Å². The Morgan fingerprint density at radius 2 is 2.07 bits per heavy atom. The Bertz CT molecular complexity index is 335. The molecule has 1 aromatic rings. The summed E-state index contributed by atoms with van der Waals surface area (Å²) in [6, 6.07) is 2.88. The molecule has 0 unspecified atom stereocenters. The van der Waals surface area contributed by atoms with E-state index in [9.17, 15) is 13.6 Å². The van der Waals surface area contributed by atoms with Crippen molar-refractivity contribution in [2.75, 3.05) is 0 Å². The molecule has 0 bridgehead atoms. The first-order chi connectivity index (χ1) is 6.54. The molecule has 0 spiro atoms. The number of ketones is 1. The van der Waals surface area contributed by atoms with Gasteiger partial charge in [0, 0.05) is 12.0 Å². The van der Waals surface area contributed by atoms with Gasteiger partial charge in [0.05, 0.1) is 0 Å². The maximum atomic E-state index is 13.2. The molecule has 0 heterocycles. The summed E-state index contributed by atoms with van der Waals surface area (Å²) >= 11 is 0. The minimum Gasteiger partial charge on any atom is -0.300 e. The van der Waals surface area contributed by atoms with Gasteiger partial charge in [-0.2, -0.15) is 0 Å². The number of hydrogen-bond acceptors (Lipinski definition) is 1. The van der Waals surface area contributed by atoms with Crippen LogP contribution in [-0.2, 0) is 17.9 Å². The van der Waals surface area contributed by atoms with Gasteiger partial charge in [-0.15, -0.1) is 0 Å². The molecular formula is C11H12F2O. The molecule has 0 atom stereocenters. The summed E-state index contributed by atoms with van der Waals surface area (Å²) in [5.41, 5.74) is 1.24. The number of benzene rings is 1. The maximum Gasteiger partial charge on any atom is 0.134 e. The van der Waals surface area contributed by atoms with Crippen LogP contribution in [-0.4, -0.2) is 5.78 Å². The van der Waals surface area contributed by atoms with Crippen molar-refractivity contribution in [1.82, 2.24) is 0 Å². The maximum absolute atomic E-state index is 13.2. The summed E-state index contributed by atoms with van der Waals surface area (Å²) in [7, 11) is 0. The highest BCUT2D eigenvalue weighted by atomic mass is 19.1. The Kier molecular flexibility index (Phi) is 3.33. The van der Waals surface area contributed by atoms with Crippen LogP contribution in [0.1, 0.15) is 23.6 Å². The van der Waals surface area contributed by atoms with Crippen molar-refractivity contribution in [2.45, 2.75) is 26.9 Å². The Morgan fingerprint density at radius 1 is 1.43 bits per heavy atom. The summed E-state index contributed by atoms with van der Waals surface area (Å²) in [6.07, 6.45) is 0.199. The minimum absolute atomic E-state index is 0.0307. The fourth-order valence-electron chi connectivity index (χ4n) is 1.40. The van der Waals surface area contributed by atoms with Gasteiger partial charge in [-0.1, -0.05) is 6.07 Å². The molecule has 0 fully saturated rings. The first-order valence-electron chi connectivity index (χ1n) is 4.38. The van der Waals surface area contributed by atoms with Crippen LogP contribution in [0.25, 0.3) is 0 Å². The third-order valence-corrected chi connectivity index (χ3v) is 2.07. The first-order valence-corrected chi connectivity index (χ1v) is 4.38. The van der Waals surface area contributed by atoms with Gasteiger partial charge < -0.3 is 0 Å². The Labute approximate surface area is 81.7 Å². The van der Waals surface area contributed by atoms with E-state index in [0.29, 0.717) is 11.1 Å². The quantitative estimate of drug-likeness (QED) is 0.729. The molecule has 0 saturated heterocycles. The highest BCUT2D eigenvalue weighted by Gasteiger charge is 2.08. The average molecular weight is 198 g/mol. The molecule has 1 nitrogen and oxygen atoms in total. The number of aryl methyl sites for hydroxylation is 1. The zero-order valence-electron chi connectivity index (χ0n) is 8.23. The third-order valence-electron chi connectivity index (χ3n) is 2.07. The predicted octanol–water partition coefficient (Wildman–Crippen LogP) is 2.74. The molecule has 0 aliphatic carbocycles. The lowest BCUT2D eigenvalue weighted by molar-refractivity contribution is -0.116. The minimum atomic E-state index is -0.808. The molecule has 1 rings (SSSR count). The fraction of sp³-hybridized carbons (Fsp3) is 0.364. The van der Waals surface area contributed by atoms with Crippen LogP contribution < -0.4 is 0 Å². The van der Waals surface area contributed by atoms with Crippen molar-refractivity contribution in [3.63, 3.8) is 0 Å². The molecule has 0 radical (unpaired) electrons. The lowest BCUT2D eigenvalue weighted by Gasteiger charge is -2.06. The van der Waals surface area contributed by atoms with E-state index in [-0.39, 0.29) is 17.8 Å². The van der Waals surface area contributed by atoms with Crippen LogP contribution in [0.4, 0.5) is 8.78 Å². The highest BCUT2D eigenvalue weighted by Crippen LogP contribution is 2.17. The van der Waals surface area contributed by atoms with E-state index in [1.165, 1.54) is 13.0 Å². The summed E-state index contributed by atoms with van der Waals surface area (Å²) in [5.74, 6) is -0.597. The monoisotopic (exact) mass is 198 g/mol. The zero-order chi connectivity index (χ0) is 10.7. The smallest absolute Gasteiger partial charge is 0.134 e. The molecule has 76 valence electrons. The van der Waals surface area contributed by atoms with Gasteiger partial charge in [0.25, 0.3) is 0 Å². The van der Waals surface area contributed by atoms with E-state index in [2.05, 4.69) is 0 Å². The second-order valence-corrected chi connectivity index (χ2v) is 3.39. The van der Waals surface area contributed by atoms with E-state index in [1.807, 2.05) is 0 Å². The topological polar surface area (TPSA) is 17.1 Å². The van der Waals surface area contributed by atoms with E-state index in [4.69, 9.17) is 0 Å². The van der Waals surface area contributed by atoms with E-state index < -0.39 is 12.5 Å². The van der Waals surface area contributed by atoms with Gasteiger partial charge >= 0.3 is 0 Å².